The lowest BCUT2D eigenvalue weighted by Gasteiger charge is -2.22. The van der Waals surface area contributed by atoms with Gasteiger partial charge < -0.3 is 10.6 Å². The van der Waals surface area contributed by atoms with E-state index in [-0.39, 0.29) is 0 Å². The number of rotatable bonds is 2. The second kappa shape index (κ2) is 4.80. The standard InChI is InChI=1S/C15H15N3/c1-11-6-7-13(17)9-15(11)18(2)14-5-3-4-12(8-14)10-16/h3-9H,17H2,1-2H3. The average molecular weight is 237 g/mol. The summed E-state index contributed by atoms with van der Waals surface area (Å²) in [6, 6.07) is 15.5. The van der Waals surface area contributed by atoms with Gasteiger partial charge in [0, 0.05) is 24.1 Å². The fourth-order valence-corrected chi connectivity index (χ4v) is 1.91. The van der Waals surface area contributed by atoms with Crippen LogP contribution < -0.4 is 10.6 Å². The summed E-state index contributed by atoms with van der Waals surface area (Å²) in [5.41, 5.74) is 10.4. The summed E-state index contributed by atoms with van der Waals surface area (Å²) in [6.07, 6.45) is 0. The monoisotopic (exact) mass is 237 g/mol. The first kappa shape index (κ1) is 12.0. The highest BCUT2D eigenvalue weighted by Crippen LogP contribution is 2.28. The first-order chi connectivity index (χ1) is 8.61. The molecule has 0 heterocycles. The van der Waals surface area contributed by atoms with Crippen molar-refractivity contribution in [1.29, 1.82) is 5.26 Å². The number of nitrogens with zero attached hydrogens (tertiary/aromatic N) is 2. The lowest BCUT2D eigenvalue weighted by molar-refractivity contribution is 1.18. The zero-order chi connectivity index (χ0) is 13.1. The Morgan fingerprint density at radius 1 is 1.17 bits per heavy atom. The fourth-order valence-electron chi connectivity index (χ4n) is 1.91. The van der Waals surface area contributed by atoms with Gasteiger partial charge in [-0.25, -0.2) is 0 Å². The molecule has 0 spiro atoms. The molecule has 3 nitrogen and oxygen atoms in total. The second-order valence-electron chi connectivity index (χ2n) is 4.27. The van der Waals surface area contributed by atoms with Gasteiger partial charge in [-0.2, -0.15) is 5.26 Å². The maximum Gasteiger partial charge on any atom is 0.0992 e. The highest BCUT2D eigenvalue weighted by atomic mass is 15.1. The molecule has 0 bridgehead atoms. The highest BCUT2D eigenvalue weighted by Gasteiger charge is 2.07. The summed E-state index contributed by atoms with van der Waals surface area (Å²) in [7, 11) is 1.97. The van der Waals surface area contributed by atoms with Gasteiger partial charge in [0.1, 0.15) is 0 Å². The number of nitriles is 1. The summed E-state index contributed by atoms with van der Waals surface area (Å²) in [6.45, 7) is 2.04. The van der Waals surface area contributed by atoms with Crippen LogP contribution in [-0.4, -0.2) is 7.05 Å². The first-order valence-corrected chi connectivity index (χ1v) is 5.72. The van der Waals surface area contributed by atoms with Crippen molar-refractivity contribution in [3.63, 3.8) is 0 Å². The number of anilines is 3. The molecule has 0 unspecified atom stereocenters. The van der Waals surface area contributed by atoms with Gasteiger partial charge in [0.15, 0.2) is 0 Å². The third-order valence-corrected chi connectivity index (χ3v) is 2.96. The van der Waals surface area contributed by atoms with Crippen LogP contribution in [0.2, 0.25) is 0 Å². The van der Waals surface area contributed by atoms with Crippen LogP contribution in [0.1, 0.15) is 11.1 Å². The lowest BCUT2D eigenvalue weighted by Crippen LogP contribution is -2.11. The van der Waals surface area contributed by atoms with Gasteiger partial charge in [0.05, 0.1) is 11.6 Å². The smallest absolute Gasteiger partial charge is 0.0992 e. The Hall–Kier alpha value is -2.47. The van der Waals surface area contributed by atoms with Crippen molar-refractivity contribution in [2.45, 2.75) is 6.92 Å². The number of nitrogens with two attached hydrogens (primary N) is 1. The summed E-state index contributed by atoms with van der Waals surface area (Å²) in [5, 5.41) is 8.92. The van der Waals surface area contributed by atoms with Gasteiger partial charge in [-0.3, -0.25) is 0 Å². The van der Waals surface area contributed by atoms with Crippen LogP contribution in [-0.2, 0) is 0 Å². The SMILES string of the molecule is Cc1ccc(N)cc1N(C)c1cccc(C#N)c1. The third-order valence-electron chi connectivity index (χ3n) is 2.96. The molecule has 0 saturated heterocycles. The molecule has 2 rings (SSSR count). The predicted octanol–water partition coefficient (Wildman–Crippen LogP) is 3.22. The Kier molecular flexibility index (Phi) is 3.20. The van der Waals surface area contributed by atoms with Gasteiger partial charge in [0.25, 0.3) is 0 Å². The Balaban J connectivity index is 2.44. The van der Waals surface area contributed by atoms with Crippen molar-refractivity contribution >= 4 is 17.1 Å². The molecule has 0 saturated carbocycles. The summed E-state index contributed by atoms with van der Waals surface area (Å²) in [4.78, 5) is 2.03. The number of nitrogen functional groups attached to an aromatic ring is 1. The molecule has 2 N–H and O–H groups in total. The zero-order valence-corrected chi connectivity index (χ0v) is 10.5. The van der Waals surface area contributed by atoms with Gasteiger partial charge in [-0.1, -0.05) is 12.1 Å². The first-order valence-electron chi connectivity index (χ1n) is 5.72. The van der Waals surface area contributed by atoms with E-state index in [9.17, 15) is 0 Å². The molecular formula is C15H15N3. The quantitative estimate of drug-likeness (QED) is 0.816. The van der Waals surface area contributed by atoms with Crippen LogP contribution in [0.5, 0.6) is 0 Å². The van der Waals surface area contributed by atoms with Crippen molar-refractivity contribution < 1.29 is 0 Å². The minimum absolute atomic E-state index is 0.654. The van der Waals surface area contributed by atoms with E-state index in [2.05, 4.69) is 6.07 Å². The topological polar surface area (TPSA) is 53.0 Å². The molecule has 0 aliphatic carbocycles. The molecular weight excluding hydrogens is 222 g/mol. The van der Waals surface area contributed by atoms with E-state index >= 15 is 0 Å². The molecule has 0 aliphatic heterocycles. The van der Waals surface area contributed by atoms with Crippen molar-refractivity contribution in [2.24, 2.45) is 0 Å². The summed E-state index contributed by atoms with van der Waals surface area (Å²) >= 11 is 0. The minimum atomic E-state index is 0.654. The Bertz CT molecular complexity index is 611. The largest absolute Gasteiger partial charge is 0.399 e. The van der Waals surface area contributed by atoms with Crippen LogP contribution >= 0.6 is 0 Å². The number of hydrogen-bond donors (Lipinski definition) is 1. The average Bonchev–Trinajstić information content (AvgIpc) is 2.41. The van der Waals surface area contributed by atoms with E-state index in [1.54, 1.807) is 6.07 Å². The van der Waals surface area contributed by atoms with Gasteiger partial charge >= 0.3 is 0 Å². The molecule has 2 aromatic carbocycles. The van der Waals surface area contributed by atoms with Crippen LogP contribution in [0.15, 0.2) is 42.5 Å². The van der Waals surface area contributed by atoms with Crippen LogP contribution in [0.4, 0.5) is 17.1 Å². The second-order valence-corrected chi connectivity index (χ2v) is 4.27. The van der Waals surface area contributed by atoms with Gasteiger partial charge in [0.2, 0.25) is 0 Å². The van der Waals surface area contributed by atoms with Crippen LogP contribution in [0, 0.1) is 18.3 Å². The maximum absolute atomic E-state index is 8.92. The number of aryl methyl sites for hydroxylation is 1. The Labute approximate surface area is 107 Å². The third kappa shape index (κ3) is 2.28. The molecule has 0 atom stereocenters. The molecule has 3 heteroatoms. The molecule has 0 amide bonds. The van der Waals surface area contributed by atoms with E-state index in [4.69, 9.17) is 11.0 Å². The normalized spacial score (nSPS) is 9.83. The van der Waals surface area contributed by atoms with Crippen LogP contribution in [0.3, 0.4) is 0 Å². The lowest BCUT2D eigenvalue weighted by atomic mass is 10.1. The molecule has 0 radical (unpaired) electrons. The molecule has 90 valence electrons. The molecule has 18 heavy (non-hydrogen) atoms. The molecule has 0 aliphatic rings. The van der Waals surface area contributed by atoms with E-state index < -0.39 is 0 Å². The highest BCUT2D eigenvalue weighted by molar-refractivity contribution is 5.69. The van der Waals surface area contributed by atoms with Crippen molar-refractivity contribution in [3.05, 3.63) is 53.6 Å². The zero-order valence-electron chi connectivity index (χ0n) is 10.5. The maximum atomic E-state index is 8.92. The van der Waals surface area contributed by atoms with Crippen molar-refractivity contribution in [3.8, 4) is 6.07 Å². The van der Waals surface area contributed by atoms with E-state index in [1.165, 1.54) is 0 Å². The Morgan fingerprint density at radius 2 is 1.94 bits per heavy atom. The summed E-state index contributed by atoms with van der Waals surface area (Å²) in [5.74, 6) is 0. The molecule has 2 aromatic rings. The number of hydrogen-bond acceptors (Lipinski definition) is 3. The summed E-state index contributed by atoms with van der Waals surface area (Å²) < 4.78 is 0. The predicted molar refractivity (Wildman–Crippen MR) is 74.8 cm³/mol. The molecule has 0 aromatic heterocycles. The fraction of sp³-hybridized carbons (Fsp3) is 0.133. The van der Waals surface area contributed by atoms with E-state index in [0.29, 0.717) is 5.56 Å². The Morgan fingerprint density at radius 3 is 2.67 bits per heavy atom. The van der Waals surface area contributed by atoms with Crippen molar-refractivity contribution in [2.75, 3.05) is 17.7 Å². The van der Waals surface area contributed by atoms with Gasteiger partial charge in [-0.15, -0.1) is 0 Å². The van der Waals surface area contributed by atoms with Crippen molar-refractivity contribution in [1.82, 2.24) is 0 Å². The number of benzene rings is 2. The minimum Gasteiger partial charge on any atom is -0.399 e. The van der Waals surface area contributed by atoms with E-state index in [1.807, 2.05) is 55.3 Å². The van der Waals surface area contributed by atoms with Gasteiger partial charge in [-0.05, 0) is 42.8 Å². The van der Waals surface area contributed by atoms with E-state index in [0.717, 1.165) is 22.6 Å². The van der Waals surface area contributed by atoms with Crippen LogP contribution in [0.25, 0.3) is 0 Å². The molecule has 0 fully saturated rings.